The number of hydrogen-bond acceptors (Lipinski definition) is 4. The first-order chi connectivity index (χ1) is 6.13. The third-order valence-electron chi connectivity index (χ3n) is 1.78. The molecule has 0 radical (unpaired) electrons. The fraction of sp³-hybridized carbons (Fsp3) is 0.714. The lowest BCUT2D eigenvalue weighted by Gasteiger charge is -2.08. The van der Waals surface area contributed by atoms with Crippen LogP contribution in [0.15, 0.2) is 0 Å². The summed E-state index contributed by atoms with van der Waals surface area (Å²) in [5, 5.41) is 4.22. The van der Waals surface area contributed by atoms with Crippen molar-refractivity contribution < 1.29 is 9.59 Å². The largest absolute Gasteiger partial charge is 0.343 e. The summed E-state index contributed by atoms with van der Waals surface area (Å²) in [6, 6.07) is -0.441. The predicted octanol–water partition coefficient (Wildman–Crippen LogP) is -2.20. The van der Waals surface area contributed by atoms with E-state index in [1.165, 1.54) is 0 Å². The van der Waals surface area contributed by atoms with E-state index in [9.17, 15) is 9.59 Å². The third kappa shape index (κ3) is 2.67. The van der Waals surface area contributed by atoms with Crippen molar-refractivity contribution in [1.82, 2.24) is 15.8 Å². The van der Waals surface area contributed by atoms with Crippen molar-refractivity contribution in [2.75, 3.05) is 20.1 Å². The van der Waals surface area contributed by atoms with E-state index < -0.39 is 6.04 Å². The first-order valence-corrected chi connectivity index (χ1v) is 4.14. The number of rotatable bonds is 3. The molecule has 2 amide bonds. The van der Waals surface area contributed by atoms with Gasteiger partial charge in [-0.05, 0) is 0 Å². The fourth-order valence-electron chi connectivity index (χ4n) is 1.18. The van der Waals surface area contributed by atoms with Gasteiger partial charge in [-0.3, -0.25) is 15.0 Å². The van der Waals surface area contributed by atoms with E-state index in [-0.39, 0.29) is 18.2 Å². The minimum atomic E-state index is -0.441. The van der Waals surface area contributed by atoms with Crippen LogP contribution in [0, 0.1) is 0 Å². The molecule has 1 atom stereocenters. The van der Waals surface area contributed by atoms with Gasteiger partial charge in [0.2, 0.25) is 5.91 Å². The Morgan fingerprint density at radius 2 is 2.54 bits per heavy atom. The van der Waals surface area contributed by atoms with Gasteiger partial charge in [-0.15, -0.1) is 0 Å². The van der Waals surface area contributed by atoms with Crippen LogP contribution >= 0.6 is 0 Å². The Kier molecular flexibility index (Phi) is 3.21. The maximum absolute atomic E-state index is 11.1. The highest BCUT2D eigenvalue weighted by Gasteiger charge is 2.28. The van der Waals surface area contributed by atoms with Crippen LogP contribution in [0.4, 0.5) is 0 Å². The van der Waals surface area contributed by atoms with Crippen molar-refractivity contribution in [3.05, 3.63) is 0 Å². The number of nitrogens with zero attached hydrogens (tertiary/aromatic N) is 1. The number of amides is 2. The minimum absolute atomic E-state index is 0.173. The van der Waals surface area contributed by atoms with Gasteiger partial charge in [0, 0.05) is 26.6 Å². The molecule has 0 aromatic carbocycles. The number of likely N-dealkylation sites (N-methyl/N-ethyl adjacent to an activating group) is 1. The molecular weight excluding hydrogens is 172 g/mol. The maximum Gasteiger partial charge on any atom is 0.258 e. The summed E-state index contributed by atoms with van der Waals surface area (Å²) in [5.41, 5.74) is 7.76. The van der Waals surface area contributed by atoms with Crippen molar-refractivity contribution in [2.45, 2.75) is 12.5 Å². The molecule has 1 saturated heterocycles. The molecule has 0 aliphatic carbocycles. The summed E-state index contributed by atoms with van der Waals surface area (Å²) >= 11 is 0. The second-order valence-electron chi connectivity index (χ2n) is 3.02. The van der Waals surface area contributed by atoms with Gasteiger partial charge >= 0.3 is 0 Å². The molecule has 6 heteroatoms. The van der Waals surface area contributed by atoms with Gasteiger partial charge in [0.25, 0.3) is 5.91 Å². The molecular formula is C7H14N4O2. The average molecular weight is 186 g/mol. The number of carbonyl (C=O) groups excluding carboxylic acids is 2. The zero-order valence-electron chi connectivity index (χ0n) is 7.54. The van der Waals surface area contributed by atoms with Gasteiger partial charge in [0.05, 0.1) is 0 Å². The predicted molar refractivity (Wildman–Crippen MR) is 46.4 cm³/mol. The lowest BCUT2D eigenvalue weighted by atomic mass is 10.3. The minimum Gasteiger partial charge on any atom is -0.343 e. The molecule has 1 aliphatic heterocycles. The first-order valence-electron chi connectivity index (χ1n) is 4.14. The number of hydrazine groups is 1. The van der Waals surface area contributed by atoms with Crippen LogP contribution in [0.3, 0.4) is 0 Å². The van der Waals surface area contributed by atoms with E-state index >= 15 is 0 Å². The average Bonchev–Trinajstić information content (AvgIpc) is 2.30. The van der Waals surface area contributed by atoms with Crippen molar-refractivity contribution >= 4 is 11.8 Å². The molecule has 1 unspecified atom stereocenters. The highest BCUT2D eigenvalue weighted by molar-refractivity contribution is 5.88. The number of nitrogens with one attached hydrogen (secondary N) is 2. The smallest absolute Gasteiger partial charge is 0.258 e. The second kappa shape index (κ2) is 4.20. The molecule has 1 heterocycles. The molecule has 1 rings (SSSR count). The first kappa shape index (κ1) is 9.94. The van der Waals surface area contributed by atoms with Gasteiger partial charge in [-0.25, -0.2) is 5.01 Å². The van der Waals surface area contributed by atoms with Gasteiger partial charge in [-0.2, -0.15) is 0 Å². The Labute approximate surface area is 76.4 Å². The number of nitrogens with two attached hydrogens (primary N) is 1. The van der Waals surface area contributed by atoms with E-state index in [1.54, 1.807) is 12.1 Å². The Hall–Kier alpha value is -1.14. The maximum atomic E-state index is 11.1. The van der Waals surface area contributed by atoms with Gasteiger partial charge in [-0.1, -0.05) is 0 Å². The van der Waals surface area contributed by atoms with E-state index in [0.717, 1.165) is 0 Å². The highest BCUT2D eigenvalue weighted by Crippen LogP contribution is 1.96. The molecule has 1 fully saturated rings. The van der Waals surface area contributed by atoms with Crippen LogP contribution in [0.2, 0.25) is 0 Å². The summed E-state index contributed by atoms with van der Waals surface area (Å²) in [7, 11) is 1.74. The van der Waals surface area contributed by atoms with Crippen molar-refractivity contribution in [3.63, 3.8) is 0 Å². The molecule has 0 saturated carbocycles. The summed E-state index contributed by atoms with van der Waals surface area (Å²) in [6.07, 6.45) is 0.257. The molecule has 6 nitrogen and oxygen atoms in total. The van der Waals surface area contributed by atoms with Crippen molar-refractivity contribution in [2.24, 2.45) is 5.73 Å². The summed E-state index contributed by atoms with van der Waals surface area (Å²) in [6.45, 7) is 0.797. The standard InChI is InChI=1S/C7H14N4O2/c1-11-4-5(7(13)10-11)9-6(12)2-3-8/h5H,2-4,8H2,1H3,(H,9,12)(H,10,13). The zero-order valence-corrected chi connectivity index (χ0v) is 7.54. The van der Waals surface area contributed by atoms with Crippen LogP contribution in [0.1, 0.15) is 6.42 Å². The topological polar surface area (TPSA) is 87.5 Å². The van der Waals surface area contributed by atoms with Crippen molar-refractivity contribution in [3.8, 4) is 0 Å². The quantitative estimate of drug-likeness (QED) is 0.466. The van der Waals surface area contributed by atoms with E-state index in [4.69, 9.17) is 5.73 Å². The molecule has 1 aliphatic rings. The van der Waals surface area contributed by atoms with E-state index in [0.29, 0.717) is 13.1 Å². The second-order valence-corrected chi connectivity index (χ2v) is 3.02. The number of hydrogen-bond donors (Lipinski definition) is 3. The van der Waals surface area contributed by atoms with Crippen LogP contribution in [0.25, 0.3) is 0 Å². The number of carbonyl (C=O) groups is 2. The SMILES string of the molecule is CN1CC(NC(=O)CCN)C(=O)N1. The molecule has 13 heavy (non-hydrogen) atoms. The lowest BCUT2D eigenvalue weighted by Crippen LogP contribution is -2.42. The summed E-state index contributed by atoms with van der Waals surface area (Å²) < 4.78 is 0. The Morgan fingerprint density at radius 3 is 3.00 bits per heavy atom. The van der Waals surface area contributed by atoms with Crippen LogP contribution < -0.4 is 16.5 Å². The van der Waals surface area contributed by atoms with E-state index in [2.05, 4.69) is 10.7 Å². The lowest BCUT2D eigenvalue weighted by molar-refractivity contribution is -0.127. The van der Waals surface area contributed by atoms with Crippen molar-refractivity contribution in [1.29, 1.82) is 0 Å². The van der Waals surface area contributed by atoms with Gasteiger partial charge < -0.3 is 11.1 Å². The third-order valence-corrected chi connectivity index (χ3v) is 1.78. The normalized spacial score (nSPS) is 22.9. The summed E-state index contributed by atoms with van der Waals surface area (Å²) in [5.74, 6) is -0.356. The van der Waals surface area contributed by atoms with Gasteiger partial charge in [0.15, 0.2) is 0 Å². The van der Waals surface area contributed by atoms with Crippen LogP contribution in [-0.2, 0) is 9.59 Å². The zero-order chi connectivity index (χ0) is 9.84. The van der Waals surface area contributed by atoms with Crippen LogP contribution in [-0.4, -0.2) is 43.0 Å². The van der Waals surface area contributed by atoms with Crippen LogP contribution in [0.5, 0.6) is 0 Å². The highest BCUT2D eigenvalue weighted by atomic mass is 16.2. The Bertz CT molecular complexity index is 219. The fourth-order valence-corrected chi connectivity index (χ4v) is 1.18. The summed E-state index contributed by atoms with van der Waals surface area (Å²) in [4.78, 5) is 22.2. The Morgan fingerprint density at radius 1 is 1.85 bits per heavy atom. The molecule has 0 bridgehead atoms. The molecule has 0 spiro atoms. The van der Waals surface area contributed by atoms with E-state index in [1.807, 2.05) is 0 Å². The molecule has 74 valence electrons. The molecule has 0 aromatic heterocycles. The molecule has 4 N–H and O–H groups in total. The monoisotopic (exact) mass is 186 g/mol. The molecule has 0 aromatic rings. The van der Waals surface area contributed by atoms with Gasteiger partial charge in [0.1, 0.15) is 6.04 Å². The Balaban J connectivity index is 2.37.